The van der Waals surface area contributed by atoms with Gasteiger partial charge in [-0.25, -0.2) is 9.78 Å². The summed E-state index contributed by atoms with van der Waals surface area (Å²) in [5, 5.41) is 0. The summed E-state index contributed by atoms with van der Waals surface area (Å²) in [7, 11) is 0. The van der Waals surface area contributed by atoms with Crippen LogP contribution in [-0.2, 0) is 6.54 Å². The molecule has 0 aliphatic carbocycles. The Balaban J connectivity index is 2.40. The molecule has 18 heavy (non-hydrogen) atoms. The maximum atomic E-state index is 12.6. The van der Waals surface area contributed by atoms with Crippen LogP contribution in [0.5, 0.6) is 0 Å². The standard InChI is InChI=1S/C9H7BrF2N4O2/c10-5-3-15(9(18)14-7(5)17)4-6-13-1-2-16(6)8(11)12/h1-3,8H,4H2,(H,14,17,18). The number of alkyl halides is 2. The number of imidazole rings is 1. The summed E-state index contributed by atoms with van der Waals surface area (Å²) in [6, 6.07) is 0. The molecular weight excluding hydrogens is 314 g/mol. The van der Waals surface area contributed by atoms with Gasteiger partial charge in [-0.15, -0.1) is 0 Å². The van der Waals surface area contributed by atoms with E-state index in [-0.39, 0.29) is 16.8 Å². The van der Waals surface area contributed by atoms with Crippen molar-refractivity contribution in [3.05, 3.63) is 49.7 Å². The molecule has 1 N–H and O–H groups in total. The highest BCUT2D eigenvalue weighted by molar-refractivity contribution is 9.10. The lowest BCUT2D eigenvalue weighted by Crippen LogP contribution is -2.30. The van der Waals surface area contributed by atoms with Crippen LogP contribution < -0.4 is 11.2 Å². The van der Waals surface area contributed by atoms with E-state index < -0.39 is 17.8 Å². The first-order valence-electron chi connectivity index (χ1n) is 4.78. The molecule has 0 spiro atoms. The minimum absolute atomic E-state index is 0.0195. The predicted molar refractivity (Wildman–Crippen MR) is 61.6 cm³/mol. The molecule has 0 atom stereocenters. The van der Waals surface area contributed by atoms with Crippen LogP contribution in [0.4, 0.5) is 8.78 Å². The third-order valence-electron chi connectivity index (χ3n) is 2.24. The van der Waals surface area contributed by atoms with E-state index in [1.807, 2.05) is 4.98 Å². The Kier molecular flexibility index (Phi) is 3.41. The number of aromatic amines is 1. The molecule has 0 bridgehead atoms. The molecule has 2 heterocycles. The lowest BCUT2D eigenvalue weighted by Gasteiger charge is -2.08. The van der Waals surface area contributed by atoms with Crippen molar-refractivity contribution < 1.29 is 8.78 Å². The van der Waals surface area contributed by atoms with Crippen LogP contribution in [0.15, 0.2) is 32.7 Å². The van der Waals surface area contributed by atoms with Crippen LogP contribution in [-0.4, -0.2) is 19.1 Å². The number of nitrogens with one attached hydrogen (secondary N) is 1. The Morgan fingerprint density at radius 2 is 2.17 bits per heavy atom. The Morgan fingerprint density at radius 1 is 1.44 bits per heavy atom. The molecule has 0 fully saturated rings. The Labute approximate surface area is 107 Å². The highest BCUT2D eigenvalue weighted by atomic mass is 79.9. The summed E-state index contributed by atoms with van der Waals surface area (Å²) in [4.78, 5) is 28.4. The Bertz CT molecular complexity index is 676. The van der Waals surface area contributed by atoms with Crippen LogP contribution in [0.2, 0.25) is 0 Å². The zero-order valence-corrected chi connectivity index (χ0v) is 10.4. The summed E-state index contributed by atoms with van der Waals surface area (Å²) < 4.78 is 27.0. The molecule has 2 rings (SSSR count). The van der Waals surface area contributed by atoms with E-state index in [1.54, 1.807) is 0 Å². The van der Waals surface area contributed by atoms with Gasteiger partial charge >= 0.3 is 12.2 Å². The van der Waals surface area contributed by atoms with Crippen LogP contribution >= 0.6 is 15.9 Å². The Hall–Kier alpha value is -1.77. The van der Waals surface area contributed by atoms with Crippen molar-refractivity contribution in [2.75, 3.05) is 0 Å². The molecule has 9 heteroatoms. The normalized spacial score (nSPS) is 11.1. The molecule has 0 unspecified atom stereocenters. The van der Waals surface area contributed by atoms with Gasteiger partial charge in [0.25, 0.3) is 5.56 Å². The molecule has 0 radical (unpaired) electrons. The number of aromatic nitrogens is 4. The monoisotopic (exact) mass is 320 g/mol. The third kappa shape index (κ3) is 2.40. The zero-order chi connectivity index (χ0) is 13.3. The van der Waals surface area contributed by atoms with Gasteiger partial charge in [0.05, 0.1) is 11.0 Å². The van der Waals surface area contributed by atoms with E-state index in [0.29, 0.717) is 4.57 Å². The van der Waals surface area contributed by atoms with Gasteiger partial charge in [0, 0.05) is 18.6 Å². The first-order valence-corrected chi connectivity index (χ1v) is 5.57. The summed E-state index contributed by atoms with van der Waals surface area (Å²) >= 11 is 2.95. The van der Waals surface area contributed by atoms with Crippen molar-refractivity contribution in [1.29, 1.82) is 0 Å². The van der Waals surface area contributed by atoms with Crippen LogP contribution in [0.25, 0.3) is 0 Å². The summed E-state index contributed by atoms with van der Waals surface area (Å²) in [5.41, 5.74) is -1.26. The van der Waals surface area contributed by atoms with E-state index in [4.69, 9.17) is 0 Å². The van der Waals surface area contributed by atoms with Gasteiger partial charge in [0.1, 0.15) is 5.82 Å². The number of hydrogen-bond donors (Lipinski definition) is 1. The van der Waals surface area contributed by atoms with Crippen LogP contribution in [0, 0.1) is 0 Å². The second kappa shape index (κ2) is 4.84. The molecule has 0 saturated carbocycles. The molecule has 96 valence electrons. The first kappa shape index (κ1) is 12.7. The fraction of sp³-hybridized carbons (Fsp3) is 0.222. The average molecular weight is 321 g/mol. The second-order valence-electron chi connectivity index (χ2n) is 3.39. The molecule has 6 nitrogen and oxygen atoms in total. The second-order valence-corrected chi connectivity index (χ2v) is 4.25. The number of H-pyrrole nitrogens is 1. The van der Waals surface area contributed by atoms with Gasteiger partial charge in [-0.1, -0.05) is 0 Å². The predicted octanol–water partition coefficient (Wildman–Crippen LogP) is 0.939. The fourth-order valence-electron chi connectivity index (χ4n) is 1.40. The van der Waals surface area contributed by atoms with Crippen LogP contribution in [0.3, 0.4) is 0 Å². The lowest BCUT2D eigenvalue weighted by atomic mass is 10.5. The van der Waals surface area contributed by atoms with E-state index in [1.165, 1.54) is 12.4 Å². The van der Waals surface area contributed by atoms with Gasteiger partial charge in [-0.05, 0) is 15.9 Å². The maximum absolute atomic E-state index is 12.6. The summed E-state index contributed by atoms with van der Waals surface area (Å²) in [5.74, 6) is 0.0195. The highest BCUT2D eigenvalue weighted by Crippen LogP contribution is 2.12. The van der Waals surface area contributed by atoms with Crippen molar-refractivity contribution in [3.63, 3.8) is 0 Å². The molecule has 0 amide bonds. The maximum Gasteiger partial charge on any atom is 0.328 e. The third-order valence-corrected chi connectivity index (χ3v) is 2.80. The van der Waals surface area contributed by atoms with E-state index >= 15 is 0 Å². The van der Waals surface area contributed by atoms with Crippen molar-refractivity contribution in [3.8, 4) is 0 Å². The fourth-order valence-corrected chi connectivity index (χ4v) is 1.74. The molecule has 0 aliphatic heterocycles. The quantitative estimate of drug-likeness (QED) is 0.914. The average Bonchev–Trinajstić information content (AvgIpc) is 2.74. The Morgan fingerprint density at radius 3 is 2.83 bits per heavy atom. The molecule has 2 aromatic rings. The van der Waals surface area contributed by atoms with Crippen molar-refractivity contribution >= 4 is 15.9 Å². The number of hydrogen-bond acceptors (Lipinski definition) is 3. The SMILES string of the molecule is O=c1[nH]c(=O)n(Cc2nccn2C(F)F)cc1Br. The molecular formula is C9H7BrF2N4O2. The van der Waals surface area contributed by atoms with Gasteiger partial charge in [0.15, 0.2) is 0 Å². The largest absolute Gasteiger partial charge is 0.328 e. The minimum atomic E-state index is -2.73. The molecule has 2 aromatic heterocycles. The van der Waals surface area contributed by atoms with Crippen LogP contribution in [0.1, 0.15) is 12.4 Å². The highest BCUT2D eigenvalue weighted by Gasteiger charge is 2.12. The van der Waals surface area contributed by atoms with E-state index in [2.05, 4.69) is 20.9 Å². The van der Waals surface area contributed by atoms with E-state index in [0.717, 1.165) is 10.8 Å². The molecule has 0 aromatic carbocycles. The molecule has 0 aliphatic rings. The number of halogens is 3. The topological polar surface area (TPSA) is 72.7 Å². The van der Waals surface area contributed by atoms with Gasteiger partial charge < -0.3 is 0 Å². The van der Waals surface area contributed by atoms with E-state index in [9.17, 15) is 18.4 Å². The smallest absolute Gasteiger partial charge is 0.292 e. The first-order chi connectivity index (χ1) is 8.49. The lowest BCUT2D eigenvalue weighted by molar-refractivity contribution is 0.0666. The van der Waals surface area contributed by atoms with Gasteiger partial charge in [-0.2, -0.15) is 8.78 Å². The number of rotatable bonds is 3. The van der Waals surface area contributed by atoms with Crippen molar-refractivity contribution in [2.45, 2.75) is 13.1 Å². The molecule has 0 saturated heterocycles. The van der Waals surface area contributed by atoms with Gasteiger partial charge in [-0.3, -0.25) is 18.9 Å². The zero-order valence-electron chi connectivity index (χ0n) is 8.81. The van der Waals surface area contributed by atoms with Gasteiger partial charge in [0.2, 0.25) is 0 Å². The van der Waals surface area contributed by atoms with Crippen molar-refractivity contribution in [2.24, 2.45) is 0 Å². The summed E-state index contributed by atoms with van der Waals surface area (Å²) in [6.45, 7) is -2.89. The summed E-state index contributed by atoms with van der Waals surface area (Å²) in [6.07, 6.45) is 3.56. The minimum Gasteiger partial charge on any atom is -0.292 e. The number of nitrogens with zero attached hydrogens (tertiary/aromatic N) is 3. The van der Waals surface area contributed by atoms with Crippen molar-refractivity contribution in [1.82, 2.24) is 19.1 Å².